The van der Waals surface area contributed by atoms with E-state index in [1.54, 1.807) is 29.8 Å². The van der Waals surface area contributed by atoms with Crippen LogP contribution in [0.1, 0.15) is 19.4 Å². The number of aromatic nitrogens is 2. The first-order valence-corrected chi connectivity index (χ1v) is 10.6. The summed E-state index contributed by atoms with van der Waals surface area (Å²) in [6.45, 7) is 7.47. The summed E-state index contributed by atoms with van der Waals surface area (Å²) in [7, 11) is 0. The van der Waals surface area contributed by atoms with Crippen molar-refractivity contribution in [3.8, 4) is 16.2 Å². The maximum Gasteiger partial charge on any atom is 0.151 e. The first kappa shape index (κ1) is 19.4. The van der Waals surface area contributed by atoms with Crippen LogP contribution in [0.15, 0.2) is 60.9 Å². The normalized spacial score (nSPS) is 11.3. The molecule has 0 amide bonds. The highest BCUT2D eigenvalue weighted by atomic mass is 32.1. The van der Waals surface area contributed by atoms with Gasteiger partial charge in [-0.15, -0.1) is 11.3 Å². The Morgan fingerprint density at radius 2 is 1.76 bits per heavy atom. The van der Waals surface area contributed by atoms with E-state index in [9.17, 15) is 5.11 Å². The summed E-state index contributed by atoms with van der Waals surface area (Å²) >= 11 is 1.65. The zero-order valence-electron chi connectivity index (χ0n) is 16.6. The Bertz CT molecular complexity index is 1100. The first-order valence-electron chi connectivity index (χ1n) is 9.79. The minimum Gasteiger partial charge on any atom is -0.506 e. The van der Waals surface area contributed by atoms with Crippen LogP contribution in [0.2, 0.25) is 0 Å². The number of hydrogen-bond donors (Lipinski definition) is 2. The number of aromatic hydroxyl groups is 1. The fraction of sp³-hybridized carbons (Fsp3) is 0.217. The topological polar surface area (TPSA) is 61.3 Å². The van der Waals surface area contributed by atoms with E-state index in [2.05, 4.69) is 64.4 Å². The smallest absolute Gasteiger partial charge is 0.151 e. The SMILES string of the molecule is CCN(CC)Cc1ccc(-c2cc3ncnc(Nc4ccccc4O)c3s2)cc1. The number of nitrogens with one attached hydrogen (secondary N) is 1. The number of thiophene rings is 1. The zero-order valence-corrected chi connectivity index (χ0v) is 17.4. The molecular weight excluding hydrogens is 380 g/mol. The Balaban J connectivity index is 1.62. The Hall–Kier alpha value is -2.96. The standard InChI is InChI=1S/C23H24N4OS/c1-3-27(4-2)14-16-9-11-17(12-10-16)21-13-19-22(29-21)23(25-15-24-19)26-18-7-5-6-8-20(18)28/h5-13,15,28H,3-4,14H2,1-2H3,(H,24,25,26). The second-order valence-corrected chi connectivity index (χ2v) is 7.90. The predicted octanol–water partition coefficient (Wildman–Crippen LogP) is 5.65. The predicted molar refractivity (Wildman–Crippen MR) is 121 cm³/mol. The van der Waals surface area contributed by atoms with Crippen molar-refractivity contribution in [3.05, 3.63) is 66.5 Å². The minimum absolute atomic E-state index is 0.194. The van der Waals surface area contributed by atoms with Crippen LogP contribution in [0.3, 0.4) is 0 Å². The molecule has 0 unspecified atom stereocenters. The average molecular weight is 405 g/mol. The van der Waals surface area contributed by atoms with Gasteiger partial charge in [0.25, 0.3) is 0 Å². The summed E-state index contributed by atoms with van der Waals surface area (Å²) in [5.41, 5.74) is 4.01. The van der Waals surface area contributed by atoms with Crippen LogP contribution >= 0.6 is 11.3 Å². The largest absolute Gasteiger partial charge is 0.506 e. The fourth-order valence-corrected chi connectivity index (χ4v) is 4.33. The summed E-state index contributed by atoms with van der Waals surface area (Å²) in [4.78, 5) is 12.4. The molecular formula is C23H24N4OS. The van der Waals surface area contributed by atoms with Gasteiger partial charge in [0.05, 0.1) is 15.9 Å². The lowest BCUT2D eigenvalue weighted by molar-refractivity contribution is 0.296. The summed E-state index contributed by atoms with van der Waals surface area (Å²) in [5.74, 6) is 0.894. The highest BCUT2D eigenvalue weighted by molar-refractivity contribution is 7.22. The van der Waals surface area contributed by atoms with E-state index in [4.69, 9.17) is 0 Å². The van der Waals surface area contributed by atoms with Crippen LogP contribution in [0.4, 0.5) is 11.5 Å². The van der Waals surface area contributed by atoms with Gasteiger partial charge in [-0.05, 0) is 42.4 Å². The molecule has 4 aromatic rings. The highest BCUT2D eigenvalue weighted by Crippen LogP contribution is 2.37. The summed E-state index contributed by atoms with van der Waals surface area (Å²) in [6, 6.07) is 18.0. The Labute approximate surface area is 174 Å². The van der Waals surface area contributed by atoms with Crippen molar-refractivity contribution in [2.75, 3.05) is 18.4 Å². The molecule has 29 heavy (non-hydrogen) atoms. The quantitative estimate of drug-likeness (QED) is 0.390. The molecule has 0 spiro atoms. The third-order valence-corrected chi connectivity index (χ3v) is 6.19. The van der Waals surface area contributed by atoms with E-state index in [0.717, 1.165) is 34.7 Å². The van der Waals surface area contributed by atoms with Crippen LogP contribution in [0, 0.1) is 0 Å². The second-order valence-electron chi connectivity index (χ2n) is 6.85. The lowest BCUT2D eigenvalue weighted by atomic mass is 10.1. The molecule has 0 aliphatic carbocycles. The molecule has 6 heteroatoms. The Morgan fingerprint density at radius 1 is 1.00 bits per heavy atom. The molecule has 2 N–H and O–H groups in total. The van der Waals surface area contributed by atoms with Gasteiger partial charge in [0.15, 0.2) is 5.82 Å². The molecule has 0 fully saturated rings. The van der Waals surface area contributed by atoms with Crippen molar-refractivity contribution in [1.82, 2.24) is 14.9 Å². The number of rotatable bonds is 7. The molecule has 0 atom stereocenters. The van der Waals surface area contributed by atoms with Gasteiger partial charge in [0, 0.05) is 11.4 Å². The van der Waals surface area contributed by atoms with Crippen LogP contribution in [-0.4, -0.2) is 33.1 Å². The maximum atomic E-state index is 10.0. The van der Waals surface area contributed by atoms with Gasteiger partial charge in [-0.3, -0.25) is 4.90 Å². The molecule has 0 bridgehead atoms. The van der Waals surface area contributed by atoms with E-state index < -0.39 is 0 Å². The van der Waals surface area contributed by atoms with Gasteiger partial charge >= 0.3 is 0 Å². The minimum atomic E-state index is 0.194. The third kappa shape index (κ3) is 4.23. The lowest BCUT2D eigenvalue weighted by Crippen LogP contribution is -2.21. The van der Waals surface area contributed by atoms with Crippen molar-refractivity contribution in [2.45, 2.75) is 20.4 Å². The molecule has 2 heterocycles. The number of anilines is 2. The van der Waals surface area contributed by atoms with E-state index in [1.807, 2.05) is 12.1 Å². The number of benzene rings is 2. The monoisotopic (exact) mass is 404 g/mol. The lowest BCUT2D eigenvalue weighted by Gasteiger charge is -2.17. The summed E-state index contributed by atoms with van der Waals surface area (Å²) in [6.07, 6.45) is 1.55. The van der Waals surface area contributed by atoms with Gasteiger partial charge in [-0.2, -0.15) is 0 Å². The van der Waals surface area contributed by atoms with Crippen LogP contribution in [0.25, 0.3) is 20.7 Å². The fourth-order valence-electron chi connectivity index (χ4n) is 3.27. The molecule has 0 radical (unpaired) electrons. The number of nitrogens with zero attached hydrogens (tertiary/aromatic N) is 3. The molecule has 148 valence electrons. The second kappa shape index (κ2) is 8.59. The average Bonchev–Trinajstić information content (AvgIpc) is 3.19. The van der Waals surface area contributed by atoms with Crippen molar-refractivity contribution >= 4 is 33.1 Å². The Kier molecular flexibility index (Phi) is 5.74. The van der Waals surface area contributed by atoms with E-state index >= 15 is 0 Å². The van der Waals surface area contributed by atoms with Gasteiger partial charge in [-0.1, -0.05) is 50.2 Å². The summed E-state index contributed by atoms with van der Waals surface area (Å²) < 4.78 is 0.970. The number of fused-ring (bicyclic) bond motifs is 1. The maximum absolute atomic E-state index is 10.0. The van der Waals surface area contributed by atoms with Crippen molar-refractivity contribution in [1.29, 1.82) is 0 Å². The van der Waals surface area contributed by atoms with E-state index in [-0.39, 0.29) is 5.75 Å². The number of para-hydroxylation sites is 2. The third-order valence-electron chi connectivity index (χ3n) is 5.01. The number of phenols is 1. The van der Waals surface area contributed by atoms with Gasteiger partial charge in [0.1, 0.15) is 12.1 Å². The highest BCUT2D eigenvalue weighted by Gasteiger charge is 2.12. The van der Waals surface area contributed by atoms with Crippen molar-refractivity contribution < 1.29 is 5.11 Å². The van der Waals surface area contributed by atoms with Gasteiger partial charge in [-0.25, -0.2) is 9.97 Å². The van der Waals surface area contributed by atoms with Crippen molar-refractivity contribution in [2.24, 2.45) is 0 Å². The molecule has 2 aromatic heterocycles. The Morgan fingerprint density at radius 3 is 2.48 bits per heavy atom. The zero-order chi connectivity index (χ0) is 20.2. The van der Waals surface area contributed by atoms with E-state index in [1.165, 1.54) is 11.1 Å². The van der Waals surface area contributed by atoms with Gasteiger partial charge < -0.3 is 10.4 Å². The molecule has 2 aromatic carbocycles. The molecule has 5 nitrogen and oxygen atoms in total. The van der Waals surface area contributed by atoms with Crippen LogP contribution in [0.5, 0.6) is 5.75 Å². The molecule has 0 aliphatic heterocycles. The molecule has 0 saturated carbocycles. The van der Waals surface area contributed by atoms with Crippen LogP contribution < -0.4 is 5.32 Å². The van der Waals surface area contributed by atoms with Gasteiger partial charge in [0.2, 0.25) is 0 Å². The molecule has 0 aliphatic rings. The molecule has 0 saturated heterocycles. The van der Waals surface area contributed by atoms with Crippen molar-refractivity contribution in [3.63, 3.8) is 0 Å². The summed E-state index contributed by atoms with van der Waals surface area (Å²) in [5, 5.41) is 13.3. The number of phenolic OH excluding ortho intramolecular Hbond substituents is 1. The first-order chi connectivity index (χ1) is 14.2. The van der Waals surface area contributed by atoms with E-state index in [0.29, 0.717) is 11.5 Å². The number of hydrogen-bond acceptors (Lipinski definition) is 6. The molecule has 4 rings (SSSR count). The van der Waals surface area contributed by atoms with Crippen LogP contribution in [-0.2, 0) is 6.54 Å².